The quantitative estimate of drug-likeness (QED) is 0.542. The number of hydrogen-bond donors (Lipinski definition) is 3. The molecule has 3 unspecified atom stereocenters. The number of phenolic OH excluding ortho intramolecular Hbond substituents is 1. The first-order chi connectivity index (χ1) is 17.4. The van der Waals surface area contributed by atoms with Gasteiger partial charge in [-0.1, -0.05) is 18.7 Å². The van der Waals surface area contributed by atoms with Crippen molar-refractivity contribution in [3.8, 4) is 28.7 Å². The second-order valence-electron chi connectivity index (χ2n) is 9.88. The lowest BCUT2D eigenvalue weighted by atomic mass is 9.82. The fourth-order valence-electron chi connectivity index (χ4n) is 6.19. The third-order valence-corrected chi connectivity index (χ3v) is 7.93. The standard InChI is InChI=1S/C28H36N2O6/c1-6-9-34-26-16(3)27-28(36-14-35-27)23-19(26)8-7-18-11-17-10-15(2)25(33-5)24(32)22(17)21(30(18)4)12-29-20(23)13-31/h6,10,18,20-21,29,31-32H,1,7-9,11-14H2,2-5H3. The average molecular weight is 497 g/mol. The van der Waals surface area contributed by atoms with Gasteiger partial charge in [0.1, 0.15) is 12.4 Å². The molecule has 0 radical (unpaired) electrons. The molecule has 3 heterocycles. The van der Waals surface area contributed by atoms with Gasteiger partial charge in [0.2, 0.25) is 6.79 Å². The molecule has 0 aromatic heterocycles. The molecule has 0 spiro atoms. The zero-order valence-corrected chi connectivity index (χ0v) is 21.5. The topological polar surface area (TPSA) is 92.7 Å². The number of nitrogens with zero attached hydrogens (tertiary/aromatic N) is 1. The number of aromatic hydroxyl groups is 1. The van der Waals surface area contributed by atoms with Gasteiger partial charge in [0.05, 0.1) is 25.8 Å². The predicted octanol–water partition coefficient (Wildman–Crippen LogP) is 3.48. The molecule has 3 aliphatic heterocycles. The number of aliphatic hydroxyl groups is 1. The van der Waals surface area contributed by atoms with E-state index in [0.29, 0.717) is 30.4 Å². The highest BCUT2D eigenvalue weighted by Crippen LogP contribution is 2.51. The summed E-state index contributed by atoms with van der Waals surface area (Å²) in [5, 5.41) is 25.3. The van der Waals surface area contributed by atoms with E-state index in [1.807, 2.05) is 13.8 Å². The molecule has 0 aliphatic carbocycles. The molecular weight excluding hydrogens is 460 g/mol. The van der Waals surface area contributed by atoms with Crippen LogP contribution in [0.15, 0.2) is 18.7 Å². The molecule has 3 atom stereocenters. The van der Waals surface area contributed by atoms with E-state index in [1.165, 1.54) is 0 Å². The molecule has 0 saturated heterocycles. The fourth-order valence-corrected chi connectivity index (χ4v) is 6.19. The summed E-state index contributed by atoms with van der Waals surface area (Å²) in [6.45, 7) is 8.69. The second-order valence-corrected chi connectivity index (χ2v) is 9.88. The van der Waals surface area contributed by atoms with Gasteiger partial charge in [-0.3, -0.25) is 4.90 Å². The summed E-state index contributed by atoms with van der Waals surface area (Å²) < 4.78 is 23.5. The fraction of sp³-hybridized carbons (Fsp3) is 0.500. The van der Waals surface area contributed by atoms with E-state index in [1.54, 1.807) is 13.2 Å². The van der Waals surface area contributed by atoms with E-state index < -0.39 is 6.04 Å². The Morgan fingerprint density at radius 1 is 1.22 bits per heavy atom. The van der Waals surface area contributed by atoms with E-state index >= 15 is 0 Å². The van der Waals surface area contributed by atoms with Crippen LogP contribution in [0.25, 0.3) is 0 Å². The monoisotopic (exact) mass is 496 g/mol. The van der Waals surface area contributed by atoms with Gasteiger partial charge in [-0.25, -0.2) is 0 Å². The van der Waals surface area contributed by atoms with E-state index in [-0.39, 0.29) is 31.2 Å². The number of phenols is 1. The maximum atomic E-state index is 11.2. The summed E-state index contributed by atoms with van der Waals surface area (Å²) in [5.74, 6) is 2.86. The number of likely N-dealkylation sites (N-methyl/N-ethyl adjacent to an activating group) is 1. The van der Waals surface area contributed by atoms with Crippen molar-refractivity contribution >= 4 is 0 Å². The Morgan fingerprint density at radius 2 is 2.00 bits per heavy atom. The minimum atomic E-state index is -0.396. The summed E-state index contributed by atoms with van der Waals surface area (Å²) in [6.07, 6.45) is 4.19. The minimum Gasteiger partial charge on any atom is -0.504 e. The van der Waals surface area contributed by atoms with Gasteiger partial charge < -0.3 is 34.5 Å². The van der Waals surface area contributed by atoms with Crippen LogP contribution in [0.5, 0.6) is 28.7 Å². The molecule has 2 aromatic carbocycles. The number of aliphatic hydroxyl groups excluding tert-OH is 1. The smallest absolute Gasteiger partial charge is 0.231 e. The number of nitrogens with one attached hydrogen (secondary N) is 1. The minimum absolute atomic E-state index is 0.0870. The van der Waals surface area contributed by atoms with Crippen LogP contribution in [-0.4, -0.2) is 61.9 Å². The molecule has 0 amide bonds. The van der Waals surface area contributed by atoms with E-state index in [2.05, 4.69) is 29.9 Å². The highest BCUT2D eigenvalue weighted by atomic mass is 16.7. The number of fused-ring (bicyclic) bond motifs is 7. The van der Waals surface area contributed by atoms with Gasteiger partial charge >= 0.3 is 0 Å². The summed E-state index contributed by atoms with van der Waals surface area (Å²) in [5.41, 5.74) is 5.80. The largest absolute Gasteiger partial charge is 0.504 e. The van der Waals surface area contributed by atoms with Gasteiger partial charge in [-0.15, -0.1) is 0 Å². The molecule has 36 heavy (non-hydrogen) atoms. The zero-order valence-electron chi connectivity index (χ0n) is 21.5. The van der Waals surface area contributed by atoms with Crippen molar-refractivity contribution in [1.82, 2.24) is 10.2 Å². The Hall–Kier alpha value is -2.94. The number of benzene rings is 2. The van der Waals surface area contributed by atoms with Crippen LogP contribution >= 0.6 is 0 Å². The molecule has 5 rings (SSSR count). The van der Waals surface area contributed by atoms with E-state index in [4.69, 9.17) is 18.9 Å². The van der Waals surface area contributed by atoms with Crippen molar-refractivity contribution in [2.24, 2.45) is 0 Å². The first kappa shape index (κ1) is 24.7. The molecule has 3 N–H and O–H groups in total. The molecule has 0 fully saturated rings. The van der Waals surface area contributed by atoms with Crippen LogP contribution in [0.4, 0.5) is 0 Å². The van der Waals surface area contributed by atoms with E-state index in [9.17, 15) is 10.2 Å². The number of aryl methyl sites for hydroxylation is 1. The molecule has 194 valence electrons. The van der Waals surface area contributed by atoms with Crippen LogP contribution in [-0.2, 0) is 12.8 Å². The summed E-state index contributed by atoms with van der Waals surface area (Å²) >= 11 is 0. The van der Waals surface area contributed by atoms with Gasteiger partial charge in [-0.2, -0.15) is 0 Å². The van der Waals surface area contributed by atoms with Crippen LogP contribution in [0, 0.1) is 13.8 Å². The summed E-state index contributed by atoms with van der Waals surface area (Å²) in [7, 11) is 3.70. The Labute approximate surface area is 212 Å². The van der Waals surface area contributed by atoms with Crippen LogP contribution < -0.4 is 24.3 Å². The number of methoxy groups -OCH3 is 1. The molecule has 8 heteroatoms. The normalized spacial score (nSPS) is 23.0. The maximum Gasteiger partial charge on any atom is 0.231 e. The lowest BCUT2D eigenvalue weighted by Crippen LogP contribution is -2.46. The third kappa shape index (κ3) is 3.88. The Morgan fingerprint density at radius 3 is 2.72 bits per heavy atom. The molecule has 2 aromatic rings. The van der Waals surface area contributed by atoms with Gasteiger partial charge in [0.25, 0.3) is 0 Å². The molecular formula is C28H36N2O6. The van der Waals surface area contributed by atoms with Crippen LogP contribution in [0.1, 0.15) is 51.9 Å². The van der Waals surface area contributed by atoms with Gasteiger partial charge in [-0.05, 0) is 51.3 Å². The van der Waals surface area contributed by atoms with Crippen LogP contribution in [0.3, 0.4) is 0 Å². The number of hydrogen-bond acceptors (Lipinski definition) is 8. The SMILES string of the molecule is C=CCOc1c(C)c2c(c3c1CCC1Cc4cc(C)c(OC)c(O)c4C(CNC3CO)N1C)OCO2. The third-order valence-electron chi connectivity index (χ3n) is 7.93. The van der Waals surface area contributed by atoms with Crippen LogP contribution in [0.2, 0.25) is 0 Å². The van der Waals surface area contributed by atoms with Gasteiger partial charge in [0.15, 0.2) is 23.0 Å². The Kier molecular flexibility index (Phi) is 6.76. The van der Waals surface area contributed by atoms with Crippen molar-refractivity contribution < 1.29 is 29.2 Å². The van der Waals surface area contributed by atoms with Crippen molar-refractivity contribution in [3.05, 3.63) is 52.1 Å². The zero-order chi connectivity index (χ0) is 25.6. The van der Waals surface area contributed by atoms with Crippen molar-refractivity contribution in [2.45, 2.75) is 51.2 Å². The number of ether oxygens (including phenoxy) is 4. The first-order valence-electron chi connectivity index (χ1n) is 12.5. The van der Waals surface area contributed by atoms with E-state index in [0.717, 1.165) is 58.4 Å². The summed E-state index contributed by atoms with van der Waals surface area (Å²) in [4.78, 5) is 2.34. The predicted molar refractivity (Wildman–Crippen MR) is 137 cm³/mol. The second kappa shape index (κ2) is 9.84. The first-order valence-corrected chi connectivity index (χ1v) is 12.5. The van der Waals surface area contributed by atoms with Gasteiger partial charge in [0, 0.05) is 34.8 Å². The lowest BCUT2D eigenvalue weighted by molar-refractivity contribution is 0.129. The highest BCUT2D eigenvalue weighted by Gasteiger charge is 2.39. The molecule has 8 nitrogen and oxygen atoms in total. The highest BCUT2D eigenvalue weighted by molar-refractivity contribution is 5.65. The Bertz CT molecular complexity index is 1180. The average Bonchev–Trinajstić information content (AvgIpc) is 3.35. The number of rotatable bonds is 5. The van der Waals surface area contributed by atoms with Crippen molar-refractivity contribution in [1.29, 1.82) is 0 Å². The lowest BCUT2D eigenvalue weighted by Gasteiger charge is -2.43. The molecule has 2 bridgehead atoms. The molecule has 0 saturated carbocycles. The maximum absolute atomic E-state index is 11.2. The van der Waals surface area contributed by atoms with Crippen molar-refractivity contribution in [3.63, 3.8) is 0 Å². The Balaban J connectivity index is 1.64. The summed E-state index contributed by atoms with van der Waals surface area (Å²) in [6, 6.07) is 1.92. The van der Waals surface area contributed by atoms with Crippen molar-refractivity contribution in [2.75, 3.05) is 40.7 Å². The molecule has 3 aliphatic rings.